The number of nitrogens with zero attached hydrogens (tertiary/aromatic N) is 1. The molecular weight excluding hydrogens is 268 g/mol. The lowest BCUT2D eigenvalue weighted by Gasteiger charge is -2.19. The molecule has 1 heterocycles. The molecule has 1 aliphatic rings. The molecule has 0 aromatic rings. The Balaban J connectivity index is 2.15. The summed E-state index contributed by atoms with van der Waals surface area (Å²) in [6.45, 7) is 5.74. The summed E-state index contributed by atoms with van der Waals surface area (Å²) < 4.78 is 0. The molecule has 7 heteroatoms. The van der Waals surface area contributed by atoms with Crippen molar-refractivity contribution in [3.63, 3.8) is 0 Å². The van der Waals surface area contributed by atoms with Gasteiger partial charge in [-0.05, 0) is 5.41 Å². The molecule has 2 N–H and O–H groups in total. The van der Waals surface area contributed by atoms with Gasteiger partial charge in [0.2, 0.25) is 11.8 Å². The van der Waals surface area contributed by atoms with Gasteiger partial charge in [0, 0.05) is 26.1 Å². The van der Waals surface area contributed by atoms with Gasteiger partial charge < -0.3 is 15.3 Å². The second kappa shape index (κ2) is 6.79. The van der Waals surface area contributed by atoms with E-state index in [0.717, 1.165) is 18.3 Å². The van der Waals surface area contributed by atoms with Crippen LogP contribution >= 0.6 is 11.8 Å². The SMILES string of the molecule is CC1(C)CC(=O)N(CCNC(=O)CSCC(=O)O)C1. The number of carbonyl (C=O) groups excluding carboxylic acids is 2. The highest BCUT2D eigenvalue weighted by Gasteiger charge is 2.35. The van der Waals surface area contributed by atoms with Crippen LogP contribution in [-0.4, -0.2) is 58.9 Å². The number of thioether (sulfide) groups is 1. The van der Waals surface area contributed by atoms with E-state index >= 15 is 0 Å². The Bertz CT molecular complexity index is 371. The largest absolute Gasteiger partial charge is 0.481 e. The number of hydrogen-bond acceptors (Lipinski definition) is 4. The molecule has 1 rings (SSSR count). The monoisotopic (exact) mass is 288 g/mol. The average Bonchev–Trinajstić information content (AvgIpc) is 2.51. The van der Waals surface area contributed by atoms with Crippen LogP contribution in [0.25, 0.3) is 0 Å². The van der Waals surface area contributed by atoms with Gasteiger partial charge in [-0.15, -0.1) is 11.8 Å². The molecule has 1 fully saturated rings. The molecule has 19 heavy (non-hydrogen) atoms. The number of hydrogen-bond donors (Lipinski definition) is 2. The summed E-state index contributed by atoms with van der Waals surface area (Å²) in [5.41, 5.74) is 0.0123. The maximum absolute atomic E-state index is 11.7. The Morgan fingerprint density at radius 3 is 2.63 bits per heavy atom. The molecule has 0 aromatic heterocycles. The quantitative estimate of drug-likeness (QED) is 0.698. The molecule has 0 saturated carbocycles. The van der Waals surface area contributed by atoms with E-state index in [0.29, 0.717) is 19.5 Å². The van der Waals surface area contributed by atoms with Crippen molar-refractivity contribution in [3.05, 3.63) is 0 Å². The Hall–Kier alpha value is -1.24. The van der Waals surface area contributed by atoms with Crippen molar-refractivity contribution in [1.29, 1.82) is 0 Å². The predicted octanol–water partition coefficient (Wildman–Crippen LogP) is 0.179. The minimum absolute atomic E-state index is 0.0123. The molecule has 0 radical (unpaired) electrons. The van der Waals surface area contributed by atoms with Crippen LogP contribution in [0.5, 0.6) is 0 Å². The summed E-state index contributed by atoms with van der Waals surface area (Å²) in [5.74, 6) is -0.947. The average molecular weight is 288 g/mol. The zero-order valence-electron chi connectivity index (χ0n) is 11.3. The van der Waals surface area contributed by atoms with Crippen LogP contribution in [0.1, 0.15) is 20.3 Å². The van der Waals surface area contributed by atoms with E-state index in [4.69, 9.17) is 5.11 Å². The molecule has 0 aliphatic carbocycles. The van der Waals surface area contributed by atoms with E-state index in [9.17, 15) is 14.4 Å². The Labute approximate surface area is 116 Å². The van der Waals surface area contributed by atoms with E-state index in [-0.39, 0.29) is 28.7 Å². The summed E-state index contributed by atoms with van der Waals surface area (Å²) in [6, 6.07) is 0. The van der Waals surface area contributed by atoms with Gasteiger partial charge in [0.05, 0.1) is 11.5 Å². The minimum atomic E-state index is -0.928. The lowest BCUT2D eigenvalue weighted by atomic mass is 9.93. The fourth-order valence-electron chi connectivity index (χ4n) is 2.00. The van der Waals surface area contributed by atoms with Gasteiger partial charge in [0.1, 0.15) is 0 Å². The molecule has 0 aromatic carbocycles. The molecule has 108 valence electrons. The third kappa shape index (κ3) is 5.96. The fraction of sp³-hybridized carbons (Fsp3) is 0.750. The van der Waals surface area contributed by atoms with Crippen molar-refractivity contribution in [2.45, 2.75) is 20.3 Å². The minimum Gasteiger partial charge on any atom is -0.481 e. The highest BCUT2D eigenvalue weighted by atomic mass is 32.2. The maximum atomic E-state index is 11.7. The summed E-state index contributed by atoms with van der Waals surface area (Å²) in [5, 5.41) is 11.1. The number of rotatable bonds is 7. The van der Waals surface area contributed by atoms with Crippen LogP contribution in [0.4, 0.5) is 0 Å². The van der Waals surface area contributed by atoms with Crippen molar-refractivity contribution >= 4 is 29.5 Å². The first kappa shape index (κ1) is 15.8. The van der Waals surface area contributed by atoms with Gasteiger partial charge in [0.25, 0.3) is 0 Å². The summed E-state index contributed by atoms with van der Waals surface area (Å²) >= 11 is 1.06. The molecule has 0 unspecified atom stereocenters. The number of aliphatic carboxylic acids is 1. The second-order valence-electron chi connectivity index (χ2n) is 5.39. The van der Waals surface area contributed by atoms with Crippen molar-refractivity contribution < 1.29 is 19.5 Å². The standard InChI is InChI=1S/C12H20N2O4S/c1-12(2)5-10(16)14(8-12)4-3-13-9(15)6-19-7-11(17)18/h3-8H2,1-2H3,(H,13,15)(H,17,18). The third-order valence-electron chi connectivity index (χ3n) is 2.76. The van der Waals surface area contributed by atoms with Crippen molar-refractivity contribution in [1.82, 2.24) is 10.2 Å². The van der Waals surface area contributed by atoms with E-state index in [1.807, 2.05) is 13.8 Å². The molecule has 0 bridgehead atoms. The summed E-state index contributed by atoms with van der Waals surface area (Å²) in [6.07, 6.45) is 0.551. The third-order valence-corrected chi connectivity index (χ3v) is 3.68. The van der Waals surface area contributed by atoms with Crippen molar-refractivity contribution in [2.24, 2.45) is 5.41 Å². The van der Waals surface area contributed by atoms with E-state index in [1.165, 1.54) is 0 Å². The number of nitrogens with one attached hydrogen (secondary N) is 1. The van der Waals surface area contributed by atoms with Gasteiger partial charge in [0.15, 0.2) is 0 Å². The van der Waals surface area contributed by atoms with Crippen LogP contribution in [0.15, 0.2) is 0 Å². The van der Waals surface area contributed by atoms with Crippen molar-refractivity contribution in [2.75, 3.05) is 31.1 Å². The Morgan fingerprint density at radius 2 is 2.11 bits per heavy atom. The van der Waals surface area contributed by atoms with Gasteiger partial charge in [-0.1, -0.05) is 13.8 Å². The zero-order chi connectivity index (χ0) is 14.5. The first-order chi connectivity index (χ1) is 8.80. The van der Waals surface area contributed by atoms with Crippen LogP contribution in [0.3, 0.4) is 0 Å². The second-order valence-corrected chi connectivity index (χ2v) is 6.38. The van der Waals surface area contributed by atoms with E-state index in [2.05, 4.69) is 5.32 Å². The molecule has 2 amide bonds. The maximum Gasteiger partial charge on any atom is 0.313 e. The van der Waals surface area contributed by atoms with Gasteiger partial charge in [-0.3, -0.25) is 14.4 Å². The zero-order valence-corrected chi connectivity index (χ0v) is 12.1. The van der Waals surface area contributed by atoms with Gasteiger partial charge >= 0.3 is 5.97 Å². The smallest absolute Gasteiger partial charge is 0.313 e. The van der Waals surface area contributed by atoms with E-state index < -0.39 is 5.97 Å². The highest BCUT2D eigenvalue weighted by molar-refractivity contribution is 8.00. The van der Waals surface area contributed by atoms with Crippen LogP contribution < -0.4 is 5.32 Å². The van der Waals surface area contributed by atoms with Crippen LogP contribution in [0, 0.1) is 5.41 Å². The summed E-state index contributed by atoms with van der Waals surface area (Å²) in [4.78, 5) is 35.1. The van der Waals surface area contributed by atoms with Crippen LogP contribution in [-0.2, 0) is 14.4 Å². The number of amides is 2. The number of carboxylic acid groups (broad SMARTS) is 1. The number of carbonyl (C=O) groups is 3. The molecule has 1 saturated heterocycles. The Kier molecular flexibility index (Phi) is 5.65. The summed E-state index contributed by atoms with van der Waals surface area (Å²) in [7, 11) is 0. The Morgan fingerprint density at radius 1 is 1.42 bits per heavy atom. The molecule has 0 spiro atoms. The first-order valence-corrected chi connectivity index (χ1v) is 7.30. The molecule has 6 nitrogen and oxygen atoms in total. The number of carboxylic acids is 1. The highest BCUT2D eigenvalue weighted by Crippen LogP contribution is 2.29. The van der Waals surface area contributed by atoms with E-state index in [1.54, 1.807) is 4.90 Å². The predicted molar refractivity (Wildman–Crippen MR) is 72.9 cm³/mol. The lowest BCUT2D eigenvalue weighted by Crippen LogP contribution is -2.37. The molecule has 1 aliphatic heterocycles. The molecular formula is C12H20N2O4S. The molecule has 0 atom stereocenters. The lowest BCUT2D eigenvalue weighted by molar-refractivity contribution is -0.134. The first-order valence-electron chi connectivity index (χ1n) is 6.14. The van der Waals surface area contributed by atoms with Gasteiger partial charge in [-0.2, -0.15) is 0 Å². The topological polar surface area (TPSA) is 86.7 Å². The van der Waals surface area contributed by atoms with Gasteiger partial charge in [-0.25, -0.2) is 0 Å². The fourth-order valence-corrected chi connectivity index (χ4v) is 2.56. The normalized spacial score (nSPS) is 17.6. The van der Waals surface area contributed by atoms with Crippen molar-refractivity contribution in [3.8, 4) is 0 Å². The van der Waals surface area contributed by atoms with Crippen LogP contribution in [0.2, 0.25) is 0 Å². The number of likely N-dealkylation sites (tertiary alicyclic amines) is 1.